The zero-order chi connectivity index (χ0) is 17.4. The Bertz CT molecular complexity index is 537. The lowest BCUT2D eigenvalue weighted by Crippen LogP contribution is -2.45. The third-order valence-corrected chi connectivity index (χ3v) is 4.73. The third kappa shape index (κ3) is 5.32. The van der Waals surface area contributed by atoms with Gasteiger partial charge in [-0.25, -0.2) is 0 Å². The maximum absolute atomic E-state index is 5.35. The van der Waals surface area contributed by atoms with Crippen LogP contribution >= 0.6 is 0 Å². The quantitative estimate of drug-likeness (QED) is 0.621. The Kier molecular flexibility index (Phi) is 7.22. The number of methoxy groups -OCH3 is 2. The number of nitrogens with zero attached hydrogens (tertiary/aromatic N) is 1. The van der Waals surface area contributed by atoms with Gasteiger partial charge in [0.05, 0.1) is 14.2 Å². The first kappa shape index (κ1) is 18.4. The van der Waals surface area contributed by atoms with Crippen molar-refractivity contribution in [3.8, 4) is 11.5 Å². The Labute approximate surface area is 145 Å². The number of guanidine groups is 1. The molecule has 2 N–H and O–H groups in total. The number of rotatable bonds is 6. The molecule has 24 heavy (non-hydrogen) atoms. The molecule has 1 aliphatic carbocycles. The van der Waals surface area contributed by atoms with Gasteiger partial charge >= 0.3 is 0 Å². The molecule has 0 aliphatic heterocycles. The van der Waals surface area contributed by atoms with Crippen LogP contribution in [0.5, 0.6) is 11.5 Å². The average Bonchev–Trinajstić information content (AvgIpc) is 2.62. The number of hydrogen-bond donors (Lipinski definition) is 2. The van der Waals surface area contributed by atoms with Gasteiger partial charge in [-0.3, -0.25) is 4.99 Å². The molecule has 0 unspecified atom stereocenters. The first-order valence-corrected chi connectivity index (χ1v) is 8.84. The van der Waals surface area contributed by atoms with E-state index in [1.807, 2.05) is 19.2 Å². The highest BCUT2D eigenvalue weighted by Gasteiger charge is 2.18. The second-order valence-corrected chi connectivity index (χ2v) is 6.54. The van der Waals surface area contributed by atoms with Gasteiger partial charge in [-0.1, -0.05) is 13.0 Å². The van der Waals surface area contributed by atoms with Crippen LogP contribution in [0.25, 0.3) is 0 Å². The van der Waals surface area contributed by atoms with E-state index in [0.29, 0.717) is 6.04 Å². The van der Waals surface area contributed by atoms with Gasteiger partial charge in [-0.15, -0.1) is 0 Å². The van der Waals surface area contributed by atoms with E-state index in [1.165, 1.54) is 31.2 Å². The van der Waals surface area contributed by atoms with Crippen LogP contribution in [0.3, 0.4) is 0 Å². The summed E-state index contributed by atoms with van der Waals surface area (Å²) in [5, 5.41) is 6.96. The van der Waals surface area contributed by atoms with E-state index < -0.39 is 0 Å². The van der Waals surface area contributed by atoms with Gasteiger partial charge < -0.3 is 20.1 Å². The van der Waals surface area contributed by atoms with Gasteiger partial charge in [-0.2, -0.15) is 0 Å². The fourth-order valence-electron chi connectivity index (χ4n) is 3.15. The lowest BCUT2D eigenvalue weighted by molar-refractivity contribution is 0.329. The van der Waals surface area contributed by atoms with Crippen molar-refractivity contribution in [3.63, 3.8) is 0 Å². The molecule has 1 aromatic rings. The minimum atomic E-state index is 0.550. The molecule has 0 heterocycles. The number of ether oxygens (including phenoxy) is 2. The van der Waals surface area contributed by atoms with Crippen LogP contribution in [0.1, 0.15) is 38.2 Å². The van der Waals surface area contributed by atoms with E-state index in [0.717, 1.165) is 36.3 Å². The summed E-state index contributed by atoms with van der Waals surface area (Å²) in [6.45, 7) is 3.17. The van der Waals surface area contributed by atoms with Gasteiger partial charge in [0.2, 0.25) is 0 Å². The van der Waals surface area contributed by atoms with Crippen LogP contribution in [0.2, 0.25) is 0 Å². The Hall–Kier alpha value is -1.91. The molecule has 0 radical (unpaired) electrons. The largest absolute Gasteiger partial charge is 0.493 e. The maximum Gasteiger partial charge on any atom is 0.191 e. The van der Waals surface area contributed by atoms with Crippen molar-refractivity contribution in [2.45, 2.75) is 45.1 Å². The summed E-state index contributed by atoms with van der Waals surface area (Å²) in [7, 11) is 5.15. The third-order valence-electron chi connectivity index (χ3n) is 4.73. The number of nitrogens with one attached hydrogen (secondary N) is 2. The fourth-order valence-corrected chi connectivity index (χ4v) is 3.15. The fraction of sp³-hybridized carbons (Fsp3) is 0.632. The molecular weight excluding hydrogens is 302 g/mol. The van der Waals surface area contributed by atoms with Crippen LogP contribution in [0.15, 0.2) is 23.2 Å². The van der Waals surface area contributed by atoms with Crippen LogP contribution in [0, 0.1) is 5.92 Å². The van der Waals surface area contributed by atoms with E-state index in [4.69, 9.17) is 9.47 Å². The maximum atomic E-state index is 5.35. The van der Waals surface area contributed by atoms with Gasteiger partial charge in [-0.05, 0) is 55.7 Å². The SMILES string of the molecule is CN=C(NCCc1ccc(OC)c(OC)c1)NC1CCC(C)CC1. The van der Waals surface area contributed by atoms with E-state index in [2.05, 4.69) is 28.6 Å². The number of benzene rings is 1. The summed E-state index contributed by atoms with van der Waals surface area (Å²) in [6, 6.07) is 6.60. The molecule has 5 nitrogen and oxygen atoms in total. The number of aliphatic imine (C=N–C) groups is 1. The molecule has 0 bridgehead atoms. The Morgan fingerprint density at radius 1 is 1.12 bits per heavy atom. The van der Waals surface area contributed by atoms with Gasteiger partial charge in [0, 0.05) is 19.6 Å². The molecule has 2 rings (SSSR count). The van der Waals surface area contributed by atoms with Crippen molar-refractivity contribution in [1.29, 1.82) is 0 Å². The molecule has 0 spiro atoms. The molecule has 1 aromatic carbocycles. The second kappa shape index (κ2) is 9.40. The van der Waals surface area contributed by atoms with Crippen LogP contribution in [-0.2, 0) is 6.42 Å². The van der Waals surface area contributed by atoms with E-state index in [1.54, 1.807) is 14.2 Å². The Balaban J connectivity index is 1.79. The lowest BCUT2D eigenvalue weighted by atomic mass is 9.87. The summed E-state index contributed by atoms with van der Waals surface area (Å²) in [6.07, 6.45) is 5.98. The molecule has 1 fully saturated rings. The summed E-state index contributed by atoms with van der Waals surface area (Å²) in [4.78, 5) is 4.34. The van der Waals surface area contributed by atoms with E-state index in [-0.39, 0.29) is 0 Å². The van der Waals surface area contributed by atoms with Crippen LogP contribution < -0.4 is 20.1 Å². The minimum absolute atomic E-state index is 0.550. The number of hydrogen-bond acceptors (Lipinski definition) is 3. The first-order chi connectivity index (χ1) is 11.7. The zero-order valence-electron chi connectivity index (χ0n) is 15.4. The molecule has 134 valence electrons. The predicted molar refractivity (Wildman–Crippen MR) is 99.2 cm³/mol. The van der Waals surface area contributed by atoms with Gasteiger partial charge in [0.1, 0.15) is 0 Å². The van der Waals surface area contributed by atoms with E-state index in [9.17, 15) is 0 Å². The van der Waals surface area contributed by atoms with Gasteiger partial charge in [0.15, 0.2) is 17.5 Å². The minimum Gasteiger partial charge on any atom is -0.493 e. The van der Waals surface area contributed by atoms with Crippen molar-refractivity contribution < 1.29 is 9.47 Å². The van der Waals surface area contributed by atoms with Crippen LogP contribution in [0.4, 0.5) is 0 Å². The topological polar surface area (TPSA) is 54.9 Å². The monoisotopic (exact) mass is 333 g/mol. The molecule has 0 aromatic heterocycles. The van der Waals surface area contributed by atoms with Gasteiger partial charge in [0.25, 0.3) is 0 Å². The molecule has 0 atom stereocenters. The van der Waals surface area contributed by atoms with Crippen LogP contribution in [-0.4, -0.2) is 39.8 Å². The lowest BCUT2D eigenvalue weighted by Gasteiger charge is -2.28. The molecule has 1 saturated carbocycles. The first-order valence-electron chi connectivity index (χ1n) is 8.84. The highest BCUT2D eigenvalue weighted by molar-refractivity contribution is 5.79. The van der Waals surface area contributed by atoms with E-state index >= 15 is 0 Å². The highest BCUT2D eigenvalue weighted by atomic mass is 16.5. The average molecular weight is 333 g/mol. The molecule has 1 aliphatic rings. The second-order valence-electron chi connectivity index (χ2n) is 6.54. The summed E-state index contributed by atoms with van der Waals surface area (Å²) < 4.78 is 10.6. The smallest absolute Gasteiger partial charge is 0.191 e. The Morgan fingerprint density at radius 3 is 2.46 bits per heavy atom. The summed E-state index contributed by atoms with van der Waals surface area (Å²) in [5.41, 5.74) is 1.21. The van der Waals surface area contributed by atoms with Crippen molar-refractivity contribution in [3.05, 3.63) is 23.8 Å². The standard InChI is InChI=1S/C19H31N3O2/c1-14-5-8-16(9-6-14)22-19(20-2)21-12-11-15-7-10-17(23-3)18(13-15)24-4/h7,10,13-14,16H,5-6,8-9,11-12H2,1-4H3,(H2,20,21,22). The highest BCUT2D eigenvalue weighted by Crippen LogP contribution is 2.27. The predicted octanol–water partition coefficient (Wildman–Crippen LogP) is 2.99. The Morgan fingerprint density at radius 2 is 1.83 bits per heavy atom. The normalized spacial score (nSPS) is 21.2. The molecular formula is C19H31N3O2. The zero-order valence-corrected chi connectivity index (χ0v) is 15.4. The van der Waals surface area contributed by atoms with Crippen molar-refractivity contribution in [2.24, 2.45) is 10.9 Å². The summed E-state index contributed by atoms with van der Waals surface area (Å²) in [5.74, 6) is 3.30. The molecule has 0 saturated heterocycles. The molecule has 5 heteroatoms. The summed E-state index contributed by atoms with van der Waals surface area (Å²) >= 11 is 0. The van der Waals surface area contributed by atoms with Crippen molar-refractivity contribution in [2.75, 3.05) is 27.8 Å². The van der Waals surface area contributed by atoms with Crippen molar-refractivity contribution >= 4 is 5.96 Å². The molecule has 0 amide bonds. The van der Waals surface area contributed by atoms with Crippen molar-refractivity contribution in [1.82, 2.24) is 10.6 Å².